The number of anilines is 1. The summed E-state index contributed by atoms with van der Waals surface area (Å²) in [6.07, 6.45) is 4.33. The predicted molar refractivity (Wildman–Crippen MR) is 97.9 cm³/mol. The Morgan fingerprint density at radius 3 is 2.84 bits per heavy atom. The highest BCUT2D eigenvalue weighted by Crippen LogP contribution is 2.23. The highest BCUT2D eigenvalue weighted by atomic mass is 35.5. The molecule has 1 N–H and O–H groups in total. The number of ether oxygens (including phenoxy) is 1. The number of aryl methyl sites for hydroxylation is 1. The Morgan fingerprint density at radius 2 is 2.20 bits per heavy atom. The van der Waals surface area contributed by atoms with E-state index in [1.807, 2.05) is 6.92 Å². The summed E-state index contributed by atoms with van der Waals surface area (Å²) in [7, 11) is 1.29. The van der Waals surface area contributed by atoms with Crippen LogP contribution in [0, 0.1) is 12.8 Å². The van der Waals surface area contributed by atoms with Crippen LogP contribution in [-0.2, 0) is 16.1 Å². The van der Waals surface area contributed by atoms with Crippen LogP contribution in [-0.4, -0.2) is 33.8 Å². The second-order valence-corrected chi connectivity index (χ2v) is 7.10. The molecule has 0 bridgehead atoms. The molecule has 0 aliphatic heterocycles. The maximum absolute atomic E-state index is 12.0. The van der Waals surface area contributed by atoms with Gasteiger partial charge in [-0.3, -0.25) is 14.8 Å². The first-order chi connectivity index (χ1) is 11.8. The van der Waals surface area contributed by atoms with Crippen LogP contribution >= 0.6 is 22.9 Å². The molecule has 0 aliphatic carbocycles. The van der Waals surface area contributed by atoms with Crippen molar-refractivity contribution in [2.45, 2.75) is 27.3 Å². The van der Waals surface area contributed by atoms with Crippen molar-refractivity contribution in [2.75, 3.05) is 12.4 Å². The van der Waals surface area contributed by atoms with Crippen LogP contribution in [0.25, 0.3) is 6.08 Å². The first-order valence-corrected chi connectivity index (χ1v) is 8.77. The van der Waals surface area contributed by atoms with E-state index in [0.29, 0.717) is 33.2 Å². The molecule has 0 atom stereocenters. The van der Waals surface area contributed by atoms with Crippen LogP contribution in [0.1, 0.15) is 34.8 Å². The van der Waals surface area contributed by atoms with Crippen LogP contribution in [0.15, 0.2) is 12.3 Å². The highest BCUT2D eigenvalue weighted by Gasteiger charge is 2.13. The number of amides is 1. The number of thiazole rings is 1. The van der Waals surface area contributed by atoms with E-state index in [9.17, 15) is 9.59 Å². The van der Waals surface area contributed by atoms with Gasteiger partial charge in [0.05, 0.1) is 19.0 Å². The Bertz CT molecular complexity index is 810. The number of esters is 1. The minimum Gasteiger partial charge on any atom is -0.465 e. The lowest BCUT2D eigenvalue weighted by molar-refractivity contribution is -0.111. The molecule has 0 saturated heterocycles. The lowest BCUT2D eigenvalue weighted by atomic mass is 10.2. The molecule has 0 fully saturated rings. The first-order valence-electron chi connectivity index (χ1n) is 7.58. The number of methoxy groups -OCH3 is 1. The number of nitrogens with one attached hydrogen (secondary N) is 1. The van der Waals surface area contributed by atoms with Gasteiger partial charge in [-0.25, -0.2) is 9.78 Å². The van der Waals surface area contributed by atoms with Gasteiger partial charge in [0, 0.05) is 18.2 Å². The third-order valence-corrected chi connectivity index (χ3v) is 4.46. The lowest BCUT2D eigenvalue weighted by Crippen LogP contribution is -2.07. The van der Waals surface area contributed by atoms with E-state index < -0.39 is 5.97 Å². The lowest BCUT2D eigenvalue weighted by Gasteiger charge is -2.05. The molecule has 2 aromatic heterocycles. The molecule has 0 aromatic carbocycles. The molecule has 0 aliphatic rings. The number of carbonyl (C=O) groups excluding carboxylic acids is 2. The van der Waals surface area contributed by atoms with Crippen molar-refractivity contribution in [3.8, 4) is 0 Å². The van der Waals surface area contributed by atoms with Gasteiger partial charge in [-0.05, 0) is 18.9 Å². The van der Waals surface area contributed by atoms with Crippen molar-refractivity contribution >= 4 is 46.0 Å². The molecule has 25 heavy (non-hydrogen) atoms. The Kier molecular flexibility index (Phi) is 6.33. The minimum absolute atomic E-state index is 0.313. The van der Waals surface area contributed by atoms with Crippen LogP contribution in [0.4, 0.5) is 5.13 Å². The standard InChI is InChI=1S/C16H19ClN4O3S/c1-9(2)8-21-14(17)11(10(3)20-21)5-6-13(22)19-16-18-7-12(25-16)15(23)24-4/h5-7,9H,8H2,1-4H3,(H,18,19,22)/b6-5+. The second-order valence-electron chi connectivity index (χ2n) is 5.71. The van der Waals surface area contributed by atoms with Crippen molar-refractivity contribution < 1.29 is 14.3 Å². The summed E-state index contributed by atoms with van der Waals surface area (Å²) >= 11 is 7.37. The van der Waals surface area contributed by atoms with E-state index in [2.05, 4.69) is 34.0 Å². The summed E-state index contributed by atoms with van der Waals surface area (Å²) in [6, 6.07) is 0. The predicted octanol–water partition coefficient (Wildman–Crippen LogP) is 3.40. The summed E-state index contributed by atoms with van der Waals surface area (Å²) in [6.45, 7) is 6.69. The molecular weight excluding hydrogens is 364 g/mol. The molecule has 9 heteroatoms. The summed E-state index contributed by atoms with van der Waals surface area (Å²) in [5, 5.41) is 7.79. The molecule has 0 saturated carbocycles. The second kappa shape index (κ2) is 8.26. The van der Waals surface area contributed by atoms with Crippen LogP contribution < -0.4 is 5.32 Å². The Morgan fingerprint density at radius 1 is 1.48 bits per heavy atom. The van der Waals surface area contributed by atoms with Gasteiger partial charge in [0.2, 0.25) is 5.91 Å². The van der Waals surface area contributed by atoms with E-state index in [0.717, 1.165) is 17.0 Å². The van der Waals surface area contributed by atoms with Gasteiger partial charge < -0.3 is 4.74 Å². The highest BCUT2D eigenvalue weighted by molar-refractivity contribution is 7.17. The van der Waals surface area contributed by atoms with Gasteiger partial charge in [-0.15, -0.1) is 0 Å². The third kappa shape index (κ3) is 4.90. The smallest absolute Gasteiger partial charge is 0.349 e. The molecule has 1 amide bonds. The zero-order valence-electron chi connectivity index (χ0n) is 14.4. The molecule has 0 radical (unpaired) electrons. The number of carbonyl (C=O) groups is 2. The zero-order chi connectivity index (χ0) is 18.6. The number of hydrogen-bond donors (Lipinski definition) is 1. The molecular formula is C16H19ClN4O3S. The number of nitrogens with zero attached hydrogens (tertiary/aromatic N) is 3. The monoisotopic (exact) mass is 382 g/mol. The van der Waals surface area contributed by atoms with E-state index >= 15 is 0 Å². The van der Waals surface area contributed by atoms with E-state index in [1.54, 1.807) is 10.8 Å². The molecule has 2 aromatic rings. The average molecular weight is 383 g/mol. The van der Waals surface area contributed by atoms with E-state index in [1.165, 1.54) is 19.4 Å². The van der Waals surface area contributed by atoms with Gasteiger partial charge >= 0.3 is 5.97 Å². The maximum Gasteiger partial charge on any atom is 0.349 e. The SMILES string of the molecule is COC(=O)c1cnc(NC(=O)/C=C/c2c(C)nn(CC(C)C)c2Cl)s1. The van der Waals surface area contributed by atoms with Crippen molar-refractivity contribution in [1.82, 2.24) is 14.8 Å². The molecule has 7 nitrogen and oxygen atoms in total. The van der Waals surface area contributed by atoms with Crippen molar-refractivity contribution in [2.24, 2.45) is 5.92 Å². The number of hydrogen-bond acceptors (Lipinski definition) is 6. The van der Waals surface area contributed by atoms with Crippen molar-refractivity contribution in [1.29, 1.82) is 0 Å². The fraction of sp³-hybridized carbons (Fsp3) is 0.375. The molecule has 134 valence electrons. The fourth-order valence-electron chi connectivity index (χ4n) is 2.06. The Hall–Kier alpha value is -2.19. The molecule has 0 unspecified atom stereocenters. The Labute approximate surface area is 154 Å². The summed E-state index contributed by atoms with van der Waals surface area (Å²) in [5.41, 5.74) is 1.45. The first kappa shape index (κ1) is 19.1. The van der Waals surface area contributed by atoms with Crippen molar-refractivity contribution in [3.05, 3.63) is 33.6 Å². The van der Waals surface area contributed by atoms with Crippen LogP contribution in [0.5, 0.6) is 0 Å². The minimum atomic E-state index is -0.492. The number of aromatic nitrogens is 3. The molecule has 2 heterocycles. The normalized spacial score (nSPS) is 11.3. The largest absolute Gasteiger partial charge is 0.465 e. The van der Waals surface area contributed by atoms with E-state index in [-0.39, 0.29) is 5.91 Å². The van der Waals surface area contributed by atoms with Gasteiger partial charge in [0.25, 0.3) is 0 Å². The van der Waals surface area contributed by atoms with Crippen molar-refractivity contribution in [3.63, 3.8) is 0 Å². The van der Waals surface area contributed by atoms with Gasteiger partial charge in [-0.2, -0.15) is 5.10 Å². The van der Waals surface area contributed by atoms with Gasteiger partial charge in [0.15, 0.2) is 5.13 Å². The molecule has 0 spiro atoms. The summed E-state index contributed by atoms with van der Waals surface area (Å²) in [4.78, 5) is 27.7. The van der Waals surface area contributed by atoms with E-state index in [4.69, 9.17) is 11.6 Å². The van der Waals surface area contributed by atoms with Crippen LogP contribution in [0.2, 0.25) is 5.15 Å². The maximum atomic E-state index is 12.0. The zero-order valence-corrected chi connectivity index (χ0v) is 15.9. The quantitative estimate of drug-likeness (QED) is 0.611. The fourth-order valence-corrected chi connectivity index (χ4v) is 3.10. The average Bonchev–Trinajstić information content (AvgIpc) is 3.10. The third-order valence-electron chi connectivity index (χ3n) is 3.17. The number of halogens is 1. The molecule has 2 rings (SSSR count). The van der Waals surface area contributed by atoms with Gasteiger partial charge in [0.1, 0.15) is 10.0 Å². The number of rotatable bonds is 6. The van der Waals surface area contributed by atoms with Gasteiger partial charge in [-0.1, -0.05) is 36.8 Å². The topological polar surface area (TPSA) is 86.1 Å². The van der Waals surface area contributed by atoms with Crippen LogP contribution in [0.3, 0.4) is 0 Å². The summed E-state index contributed by atoms with van der Waals surface area (Å²) in [5.74, 6) is -0.461. The summed E-state index contributed by atoms with van der Waals surface area (Å²) < 4.78 is 6.32. The Balaban J connectivity index is 2.06.